The molecule has 5 nitrogen and oxygen atoms in total. The predicted molar refractivity (Wildman–Crippen MR) is 93.3 cm³/mol. The van der Waals surface area contributed by atoms with Crippen LogP contribution in [0.4, 0.5) is 0 Å². The van der Waals surface area contributed by atoms with Crippen molar-refractivity contribution < 1.29 is 19.4 Å². The Morgan fingerprint density at radius 3 is 2.46 bits per heavy atom. The van der Waals surface area contributed by atoms with Crippen molar-refractivity contribution in [3.05, 3.63) is 42.0 Å². The van der Waals surface area contributed by atoms with Crippen molar-refractivity contribution in [1.82, 2.24) is 5.32 Å². The molecular formula is C19H23NO4. The number of carboxylic acid groups (broad SMARTS) is 1. The number of benzene rings is 2. The van der Waals surface area contributed by atoms with Crippen LogP contribution in [0.15, 0.2) is 36.4 Å². The highest BCUT2D eigenvalue weighted by molar-refractivity contribution is 5.88. The highest BCUT2D eigenvalue weighted by Gasteiger charge is 2.17. The van der Waals surface area contributed by atoms with Gasteiger partial charge in [0.05, 0.1) is 13.0 Å². The maximum atomic E-state index is 12.3. The van der Waals surface area contributed by atoms with Crippen LogP contribution in [0.3, 0.4) is 0 Å². The summed E-state index contributed by atoms with van der Waals surface area (Å²) in [6.07, 6.45) is 0.0481. The molecule has 0 heterocycles. The molecule has 2 N–H and O–H groups in total. The molecule has 1 amide bonds. The Balaban J connectivity index is 2.05. The van der Waals surface area contributed by atoms with Gasteiger partial charge in [-0.05, 0) is 41.3 Å². The normalized spacial score (nSPS) is 13.3. The number of ether oxygens (including phenoxy) is 1. The second kappa shape index (κ2) is 7.81. The van der Waals surface area contributed by atoms with Crippen LogP contribution in [0, 0.1) is 5.92 Å². The quantitative estimate of drug-likeness (QED) is 0.818. The van der Waals surface area contributed by atoms with Gasteiger partial charge in [0.1, 0.15) is 5.75 Å². The van der Waals surface area contributed by atoms with Gasteiger partial charge in [-0.3, -0.25) is 9.59 Å². The van der Waals surface area contributed by atoms with Gasteiger partial charge in [0.25, 0.3) is 0 Å². The lowest BCUT2D eigenvalue weighted by Crippen LogP contribution is -2.32. The van der Waals surface area contributed by atoms with Gasteiger partial charge in [0.2, 0.25) is 5.91 Å². The van der Waals surface area contributed by atoms with Gasteiger partial charge < -0.3 is 15.2 Å². The first kappa shape index (κ1) is 17.8. The molecule has 2 atom stereocenters. The molecule has 0 aliphatic carbocycles. The van der Waals surface area contributed by atoms with Crippen molar-refractivity contribution in [2.24, 2.45) is 5.92 Å². The van der Waals surface area contributed by atoms with Crippen LogP contribution >= 0.6 is 0 Å². The number of carbonyl (C=O) groups is 2. The van der Waals surface area contributed by atoms with Crippen LogP contribution in [0.1, 0.15) is 31.7 Å². The van der Waals surface area contributed by atoms with Gasteiger partial charge in [0, 0.05) is 13.0 Å². The highest BCUT2D eigenvalue weighted by Crippen LogP contribution is 2.25. The number of methoxy groups -OCH3 is 1. The van der Waals surface area contributed by atoms with Crippen LogP contribution < -0.4 is 10.1 Å². The number of amides is 1. The van der Waals surface area contributed by atoms with E-state index in [4.69, 9.17) is 9.84 Å². The minimum Gasteiger partial charge on any atom is -0.497 e. The predicted octanol–water partition coefficient (Wildman–Crippen LogP) is 3.18. The van der Waals surface area contributed by atoms with Crippen LogP contribution in [0.2, 0.25) is 0 Å². The van der Waals surface area contributed by atoms with E-state index in [-0.39, 0.29) is 24.2 Å². The minimum absolute atomic E-state index is 0.0481. The van der Waals surface area contributed by atoms with E-state index < -0.39 is 5.97 Å². The molecule has 0 aliphatic heterocycles. The molecule has 0 spiro atoms. The largest absolute Gasteiger partial charge is 0.497 e. The smallest absolute Gasteiger partial charge is 0.303 e. The van der Waals surface area contributed by atoms with Crippen molar-refractivity contribution in [3.8, 4) is 5.75 Å². The number of fused-ring (bicyclic) bond motifs is 1. The standard InChI is InChI=1S/C19H23NO4/c1-12(8-18(21)22)11-20-19(23)13(2)14-4-5-16-10-17(24-3)7-6-15(16)9-14/h4-7,9-10,12-13H,8,11H2,1-3H3,(H,20,23)(H,21,22)/t12?,13-/m0/s1. The first-order valence-electron chi connectivity index (χ1n) is 7.98. The fourth-order valence-corrected chi connectivity index (χ4v) is 2.59. The first-order valence-corrected chi connectivity index (χ1v) is 7.98. The summed E-state index contributed by atoms with van der Waals surface area (Å²) in [7, 11) is 1.63. The Kier molecular flexibility index (Phi) is 5.79. The molecule has 0 bridgehead atoms. The third-order valence-electron chi connectivity index (χ3n) is 4.11. The molecule has 0 aromatic heterocycles. The van der Waals surface area contributed by atoms with E-state index in [0.29, 0.717) is 6.54 Å². The van der Waals surface area contributed by atoms with Crippen molar-refractivity contribution in [3.63, 3.8) is 0 Å². The lowest BCUT2D eigenvalue weighted by atomic mass is 9.96. The number of nitrogens with one attached hydrogen (secondary N) is 1. The number of hydrogen-bond acceptors (Lipinski definition) is 3. The molecule has 2 rings (SSSR count). The highest BCUT2D eigenvalue weighted by atomic mass is 16.5. The Bertz CT molecular complexity index is 741. The number of carbonyl (C=O) groups excluding carboxylic acids is 1. The van der Waals surface area contributed by atoms with E-state index in [0.717, 1.165) is 22.1 Å². The molecule has 128 valence electrons. The average Bonchev–Trinajstić information content (AvgIpc) is 2.57. The Morgan fingerprint density at radius 1 is 1.12 bits per heavy atom. The summed E-state index contributed by atoms with van der Waals surface area (Å²) in [5.41, 5.74) is 0.927. The molecule has 0 fully saturated rings. The first-order chi connectivity index (χ1) is 11.4. The topological polar surface area (TPSA) is 75.6 Å². The summed E-state index contributed by atoms with van der Waals surface area (Å²) < 4.78 is 5.21. The van der Waals surface area contributed by atoms with Gasteiger partial charge in [-0.25, -0.2) is 0 Å². The zero-order valence-electron chi connectivity index (χ0n) is 14.2. The third kappa shape index (κ3) is 4.47. The average molecular weight is 329 g/mol. The summed E-state index contributed by atoms with van der Waals surface area (Å²) in [5.74, 6) is -0.542. The van der Waals surface area contributed by atoms with Gasteiger partial charge >= 0.3 is 5.97 Å². The summed E-state index contributed by atoms with van der Waals surface area (Å²) in [6.45, 7) is 4.02. The molecule has 5 heteroatoms. The Hall–Kier alpha value is -2.56. The molecule has 1 unspecified atom stereocenters. The van der Waals surface area contributed by atoms with Gasteiger partial charge in [-0.2, -0.15) is 0 Å². The maximum absolute atomic E-state index is 12.3. The summed E-state index contributed by atoms with van der Waals surface area (Å²) in [5, 5.41) is 13.7. The van der Waals surface area contributed by atoms with Crippen LogP contribution in [0.25, 0.3) is 10.8 Å². The number of carboxylic acids is 1. The van der Waals surface area contributed by atoms with Gasteiger partial charge in [-0.1, -0.05) is 31.2 Å². The molecule has 0 saturated carbocycles. The molecule has 0 saturated heterocycles. The fourth-order valence-electron chi connectivity index (χ4n) is 2.59. The number of hydrogen-bond donors (Lipinski definition) is 2. The van der Waals surface area contributed by atoms with E-state index in [1.807, 2.05) is 50.2 Å². The van der Waals surface area contributed by atoms with Crippen LogP contribution in [-0.4, -0.2) is 30.6 Å². The Labute approximate surface area is 141 Å². The molecule has 24 heavy (non-hydrogen) atoms. The SMILES string of the molecule is COc1ccc2cc([C@H](C)C(=O)NCC(C)CC(=O)O)ccc2c1. The molecule has 0 radical (unpaired) electrons. The molecule has 0 aliphatic rings. The van der Waals surface area contributed by atoms with Crippen LogP contribution in [0.5, 0.6) is 5.75 Å². The monoisotopic (exact) mass is 329 g/mol. The number of aliphatic carboxylic acids is 1. The fraction of sp³-hybridized carbons (Fsp3) is 0.368. The maximum Gasteiger partial charge on any atom is 0.303 e. The van der Waals surface area contributed by atoms with E-state index >= 15 is 0 Å². The van der Waals surface area contributed by atoms with E-state index in [1.165, 1.54) is 0 Å². The Morgan fingerprint density at radius 2 is 1.79 bits per heavy atom. The summed E-state index contributed by atoms with van der Waals surface area (Å²) in [4.78, 5) is 22.9. The second-order valence-electron chi connectivity index (χ2n) is 6.14. The second-order valence-corrected chi connectivity index (χ2v) is 6.14. The van der Waals surface area contributed by atoms with Crippen LogP contribution in [-0.2, 0) is 9.59 Å². The zero-order valence-corrected chi connectivity index (χ0v) is 14.2. The molecule has 2 aromatic carbocycles. The van der Waals surface area contributed by atoms with Crippen molar-refractivity contribution in [2.45, 2.75) is 26.2 Å². The van der Waals surface area contributed by atoms with Gasteiger partial charge in [-0.15, -0.1) is 0 Å². The van der Waals surface area contributed by atoms with E-state index in [9.17, 15) is 9.59 Å². The van der Waals surface area contributed by atoms with Crippen molar-refractivity contribution in [2.75, 3.05) is 13.7 Å². The minimum atomic E-state index is -0.852. The lowest BCUT2D eigenvalue weighted by molar-refractivity contribution is -0.138. The summed E-state index contributed by atoms with van der Waals surface area (Å²) in [6, 6.07) is 11.7. The molecule has 2 aromatic rings. The molecular weight excluding hydrogens is 306 g/mol. The van der Waals surface area contributed by atoms with Crippen molar-refractivity contribution in [1.29, 1.82) is 0 Å². The zero-order chi connectivity index (χ0) is 17.7. The lowest BCUT2D eigenvalue weighted by Gasteiger charge is -2.16. The van der Waals surface area contributed by atoms with Crippen molar-refractivity contribution >= 4 is 22.6 Å². The number of rotatable bonds is 7. The summed E-state index contributed by atoms with van der Waals surface area (Å²) >= 11 is 0. The third-order valence-corrected chi connectivity index (χ3v) is 4.11. The van der Waals surface area contributed by atoms with Gasteiger partial charge in [0.15, 0.2) is 0 Å². The van der Waals surface area contributed by atoms with E-state index in [1.54, 1.807) is 7.11 Å². The van der Waals surface area contributed by atoms with E-state index in [2.05, 4.69) is 5.32 Å².